The van der Waals surface area contributed by atoms with Crippen LogP contribution in [0.2, 0.25) is 0 Å². The molecule has 0 saturated carbocycles. The highest BCUT2D eigenvalue weighted by atomic mass is 16.6. The van der Waals surface area contributed by atoms with Crippen LogP contribution < -0.4 is 0 Å². The second-order valence-corrected chi connectivity index (χ2v) is 4.65. The topological polar surface area (TPSA) is 107 Å². The van der Waals surface area contributed by atoms with E-state index in [1.807, 2.05) is 0 Å². The molecule has 0 aliphatic carbocycles. The van der Waals surface area contributed by atoms with Crippen LogP contribution in [0, 0.1) is 0 Å². The minimum absolute atomic E-state index is 0.00815. The van der Waals surface area contributed by atoms with E-state index in [0.717, 1.165) is 0 Å². The molecule has 0 heterocycles. The summed E-state index contributed by atoms with van der Waals surface area (Å²) in [6, 6.07) is 0. The smallest absolute Gasteiger partial charge is 0.348 e. The summed E-state index contributed by atoms with van der Waals surface area (Å²) in [5.41, 5.74) is 0. The molecule has 0 aromatic carbocycles. The van der Waals surface area contributed by atoms with Crippen molar-refractivity contribution in [2.75, 3.05) is 54.4 Å². The summed E-state index contributed by atoms with van der Waals surface area (Å²) in [6.45, 7) is 0.843. The number of carbonyl (C=O) groups excluding carboxylic acids is 3. The highest BCUT2D eigenvalue weighted by molar-refractivity contribution is 5.84. The van der Waals surface area contributed by atoms with Gasteiger partial charge in [0.05, 0.1) is 19.6 Å². The third kappa shape index (κ3) is 11.8. The Morgan fingerprint density at radius 2 is 1.33 bits per heavy atom. The first kappa shape index (κ1) is 22.3. The molecule has 0 rings (SSSR count). The van der Waals surface area contributed by atoms with E-state index < -0.39 is 30.4 Å². The highest BCUT2D eigenvalue weighted by Crippen LogP contribution is 2.07. The maximum atomic E-state index is 11.9. The minimum atomic E-state index is -1.35. The summed E-state index contributed by atoms with van der Waals surface area (Å²) in [6.07, 6.45) is -1.27. The summed E-state index contributed by atoms with van der Waals surface area (Å²) in [4.78, 5) is 35.3. The van der Waals surface area contributed by atoms with E-state index >= 15 is 0 Å². The molecule has 0 N–H and O–H groups in total. The molecule has 9 heteroatoms. The van der Waals surface area contributed by atoms with E-state index in [0.29, 0.717) is 13.0 Å². The van der Waals surface area contributed by atoms with Gasteiger partial charge in [-0.05, 0) is 6.42 Å². The van der Waals surface area contributed by atoms with Crippen LogP contribution in [-0.2, 0) is 42.8 Å². The van der Waals surface area contributed by atoms with Gasteiger partial charge in [-0.3, -0.25) is 9.59 Å². The van der Waals surface area contributed by atoms with Crippen molar-refractivity contribution in [3.05, 3.63) is 0 Å². The molecule has 0 aliphatic rings. The molecule has 1 unspecified atom stereocenters. The summed E-state index contributed by atoms with van der Waals surface area (Å²) in [5.74, 6) is -2.13. The van der Waals surface area contributed by atoms with Crippen LogP contribution in [0.3, 0.4) is 0 Å². The van der Waals surface area contributed by atoms with Gasteiger partial charge in [0.15, 0.2) is 0 Å². The molecule has 0 bridgehead atoms. The van der Waals surface area contributed by atoms with Crippen LogP contribution in [0.5, 0.6) is 0 Å². The third-order valence-corrected chi connectivity index (χ3v) is 2.70. The molecule has 0 aromatic rings. The molecule has 24 heavy (non-hydrogen) atoms. The second-order valence-electron chi connectivity index (χ2n) is 4.65. The average molecular weight is 350 g/mol. The lowest BCUT2D eigenvalue weighted by Gasteiger charge is -2.16. The Labute approximate surface area is 141 Å². The third-order valence-electron chi connectivity index (χ3n) is 2.70. The zero-order chi connectivity index (χ0) is 18.2. The van der Waals surface area contributed by atoms with Gasteiger partial charge >= 0.3 is 17.9 Å². The Morgan fingerprint density at radius 1 is 0.750 bits per heavy atom. The number of hydrogen-bond donors (Lipinski definition) is 0. The van der Waals surface area contributed by atoms with E-state index in [9.17, 15) is 14.4 Å². The highest BCUT2D eigenvalue weighted by Gasteiger charge is 2.28. The summed E-state index contributed by atoms with van der Waals surface area (Å²) < 4.78 is 29.1. The Kier molecular flexibility index (Phi) is 13.8. The van der Waals surface area contributed by atoms with Crippen molar-refractivity contribution >= 4 is 17.9 Å². The molecule has 0 aliphatic heterocycles. The van der Waals surface area contributed by atoms with Crippen LogP contribution in [0.15, 0.2) is 0 Å². The normalized spacial score (nSPS) is 11.6. The monoisotopic (exact) mass is 350 g/mol. The number of hydrogen-bond acceptors (Lipinski definition) is 9. The predicted molar refractivity (Wildman–Crippen MR) is 81.3 cm³/mol. The molecule has 140 valence electrons. The van der Waals surface area contributed by atoms with Crippen molar-refractivity contribution in [2.45, 2.75) is 25.4 Å². The maximum absolute atomic E-state index is 11.9. The van der Waals surface area contributed by atoms with Crippen LogP contribution in [0.4, 0.5) is 0 Å². The van der Waals surface area contributed by atoms with Crippen molar-refractivity contribution in [1.82, 2.24) is 0 Å². The summed E-state index contributed by atoms with van der Waals surface area (Å²) in [5, 5.41) is 0. The van der Waals surface area contributed by atoms with E-state index in [1.165, 1.54) is 21.3 Å². The lowest BCUT2D eigenvalue weighted by atomic mass is 10.2. The van der Waals surface area contributed by atoms with Gasteiger partial charge in [0.2, 0.25) is 6.10 Å². The number of ether oxygens (including phenoxy) is 6. The van der Waals surface area contributed by atoms with Crippen molar-refractivity contribution in [3.63, 3.8) is 0 Å². The molecule has 0 radical (unpaired) electrons. The van der Waals surface area contributed by atoms with Crippen LogP contribution in [0.1, 0.15) is 19.3 Å². The second kappa shape index (κ2) is 14.9. The van der Waals surface area contributed by atoms with Gasteiger partial charge in [0.1, 0.15) is 13.2 Å². The molecule has 0 fully saturated rings. The van der Waals surface area contributed by atoms with Gasteiger partial charge in [-0.15, -0.1) is 0 Å². The van der Waals surface area contributed by atoms with Crippen molar-refractivity contribution in [1.29, 1.82) is 0 Å². The molecule has 0 aromatic heterocycles. The molecule has 1 atom stereocenters. The van der Waals surface area contributed by atoms with Gasteiger partial charge in [-0.2, -0.15) is 0 Å². The van der Waals surface area contributed by atoms with Crippen LogP contribution in [-0.4, -0.2) is 78.4 Å². The van der Waals surface area contributed by atoms with Gasteiger partial charge < -0.3 is 28.4 Å². The number of rotatable bonds is 14. The fourth-order valence-electron chi connectivity index (χ4n) is 1.52. The Balaban J connectivity index is 4.49. The van der Waals surface area contributed by atoms with Gasteiger partial charge in [0, 0.05) is 34.4 Å². The van der Waals surface area contributed by atoms with E-state index in [1.54, 1.807) is 0 Å². The van der Waals surface area contributed by atoms with Crippen LogP contribution in [0.25, 0.3) is 0 Å². The summed E-state index contributed by atoms with van der Waals surface area (Å²) >= 11 is 0. The zero-order valence-electron chi connectivity index (χ0n) is 14.4. The first-order valence-electron chi connectivity index (χ1n) is 7.53. The fraction of sp³-hybridized carbons (Fsp3) is 0.800. The van der Waals surface area contributed by atoms with Crippen molar-refractivity contribution < 1.29 is 42.8 Å². The molecule has 9 nitrogen and oxygen atoms in total. The van der Waals surface area contributed by atoms with Crippen molar-refractivity contribution in [3.8, 4) is 0 Å². The number of carbonyl (C=O) groups is 3. The summed E-state index contributed by atoms with van der Waals surface area (Å²) in [7, 11) is 4.43. The molecule has 0 amide bonds. The molecular formula is C15H26O9. The Morgan fingerprint density at radius 3 is 1.92 bits per heavy atom. The largest absolute Gasteiger partial charge is 0.463 e. The average Bonchev–Trinajstić information content (AvgIpc) is 2.55. The molecular weight excluding hydrogens is 324 g/mol. The fourth-order valence-corrected chi connectivity index (χ4v) is 1.52. The standard InChI is InChI=1S/C15H26O9/c1-19-6-4-5-13(16)24-12(15(18)23-10-8-21-3)11-14(17)22-9-7-20-2/h12H,4-11H2,1-3H3. The van der Waals surface area contributed by atoms with Gasteiger partial charge in [0.25, 0.3) is 0 Å². The van der Waals surface area contributed by atoms with Gasteiger partial charge in [-0.1, -0.05) is 0 Å². The van der Waals surface area contributed by atoms with E-state index in [2.05, 4.69) is 0 Å². The molecule has 0 saturated heterocycles. The lowest BCUT2D eigenvalue weighted by Crippen LogP contribution is -2.33. The SMILES string of the molecule is COCCCC(=O)OC(CC(=O)OCCOC)C(=O)OCCOC. The predicted octanol–water partition coefficient (Wildman–Crippen LogP) is 0.0941. The Hall–Kier alpha value is -1.71. The maximum Gasteiger partial charge on any atom is 0.348 e. The van der Waals surface area contributed by atoms with E-state index in [4.69, 9.17) is 28.4 Å². The first-order valence-corrected chi connectivity index (χ1v) is 7.53. The number of methoxy groups -OCH3 is 3. The van der Waals surface area contributed by atoms with Crippen molar-refractivity contribution in [2.24, 2.45) is 0 Å². The van der Waals surface area contributed by atoms with Crippen LogP contribution >= 0.6 is 0 Å². The first-order chi connectivity index (χ1) is 11.5. The Bertz CT molecular complexity index is 346. The minimum Gasteiger partial charge on any atom is -0.463 e. The number of esters is 3. The lowest BCUT2D eigenvalue weighted by molar-refractivity contribution is -0.172. The van der Waals surface area contributed by atoms with Gasteiger partial charge in [-0.25, -0.2) is 4.79 Å². The van der Waals surface area contributed by atoms with E-state index in [-0.39, 0.29) is 32.8 Å². The molecule has 0 spiro atoms. The quantitative estimate of drug-likeness (QED) is 0.245. The zero-order valence-corrected chi connectivity index (χ0v) is 14.4.